The van der Waals surface area contributed by atoms with E-state index in [-0.39, 0.29) is 11.9 Å². The normalized spacial score (nSPS) is 16.6. The highest BCUT2D eigenvalue weighted by molar-refractivity contribution is 5.29. The fraction of sp³-hybridized carbons (Fsp3) is 0.0833. The van der Waals surface area contributed by atoms with Crippen LogP contribution in [0.25, 0.3) is 0 Å². The van der Waals surface area contributed by atoms with E-state index in [1.165, 1.54) is 12.1 Å². The first-order valence-corrected chi connectivity index (χ1v) is 5.34. The van der Waals surface area contributed by atoms with E-state index in [2.05, 4.69) is 15.0 Å². The number of nitro groups is 1. The summed E-state index contributed by atoms with van der Waals surface area (Å²) in [5, 5.41) is 11.9. The second-order valence-electron chi connectivity index (χ2n) is 3.85. The summed E-state index contributed by atoms with van der Waals surface area (Å²) in [7, 11) is 0. The smallest absolute Gasteiger partial charge is 0.264 e. The summed E-state index contributed by atoms with van der Waals surface area (Å²) in [6.07, 6.45) is 3.02. The zero-order chi connectivity index (χ0) is 12.5. The fourth-order valence-corrected chi connectivity index (χ4v) is 1.81. The van der Waals surface area contributed by atoms with Gasteiger partial charge in [-0.3, -0.25) is 25.1 Å². The van der Waals surface area contributed by atoms with Gasteiger partial charge in [0, 0.05) is 30.1 Å². The number of aromatic nitrogens is 1. The number of hydrogen-bond acceptors (Lipinski definition) is 5. The fourth-order valence-electron chi connectivity index (χ4n) is 1.81. The molecule has 6 heteroatoms. The molecule has 2 heterocycles. The lowest BCUT2D eigenvalue weighted by molar-refractivity contribution is -0.385. The molecule has 2 aromatic rings. The zero-order valence-electron chi connectivity index (χ0n) is 9.22. The highest BCUT2D eigenvalue weighted by atomic mass is 16.6. The molecule has 6 nitrogen and oxygen atoms in total. The monoisotopic (exact) mass is 240 g/mol. The van der Waals surface area contributed by atoms with Crippen LogP contribution in [-0.2, 0) is 0 Å². The quantitative estimate of drug-likeness (QED) is 0.578. The van der Waals surface area contributed by atoms with Crippen molar-refractivity contribution in [1.82, 2.24) is 4.98 Å². The molecule has 0 aliphatic carbocycles. The molecule has 1 atom stereocenters. The van der Waals surface area contributed by atoms with Crippen LogP contribution in [-0.4, -0.2) is 9.91 Å². The van der Waals surface area contributed by atoms with Crippen molar-refractivity contribution in [2.24, 2.45) is 9.98 Å². The Kier molecular flexibility index (Phi) is 2.33. The van der Waals surface area contributed by atoms with Crippen LogP contribution in [0.3, 0.4) is 0 Å². The van der Waals surface area contributed by atoms with Gasteiger partial charge in [-0.1, -0.05) is 6.07 Å². The molecule has 0 amide bonds. The van der Waals surface area contributed by atoms with E-state index in [1.54, 1.807) is 18.5 Å². The van der Waals surface area contributed by atoms with Gasteiger partial charge in [0.1, 0.15) is 0 Å². The second kappa shape index (κ2) is 3.99. The molecule has 18 heavy (non-hydrogen) atoms. The average Bonchev–Trinajstić information content (AvgIpc) is 2.82. The van der Waals surface area contributed by atoms with E-state index >= 15 is 0 Å². The molecule has 88 valence electrons. The topological polar surface area (TPSA) is 80.8 Å². The van der Waals surface area contributed by atoms with Crippen LogP contribution in [0.2, 0.25) is 0 Å². The summed E-state index contributed by atoms with van der Waals surface area (Å²) < 4.78 is 0. The Morgan fingerprint density at radius 2 is 2.00 bits per heavy atom. The van der Waals surface area contributed by atoms with E-state index < -0.39 is 4.92 Å². The number of fused-ring (bicyclic) bond motifs is 1. The Bertz CT molecular complexity index is 727. The van der Waals surface area contributed by atoms with E-state index in [0.717, 1.165) is 5.56 Å². The van der Waals surface area contributed by atoms with Gasteiger partial charge in [-0.05, 0) is 12.1 Å². The maximum absolute atomic E-state index is 10.7. The molecule has 0 radical (unpaired) electrons. The van der Waals surface area contributed by atoms with E-state index in [4.69, 9.17) is 0 Å². The number of benzene rings is 1. The minimum absolute atomic E-state index is 0.0273. The Morgan fingerprint density at radius 3 is 2.72 bits per heavy atom. The molecule has 0 unspecified atom stereocenters. The highest BCUT2D eigenvalue weighted by Crippen LogP contribution is 2.18. The lowest BCUT2D eigenvalue weighted by Crippen LogP contribution is -2.21. The standard InChI is InChI=1S/C12H8N4O2/c17-16(18)9-3-4-10-11(6-9)15-12(14-10)8-2-1-5-13-7-8/h1-7,12H/t12-/m1/s1. The van der Waals surface area contributed by atoms with Gasteiger partial charge >= 0.3 is 0 Å². The first-order chi connectivity index (χ1) is 8.74. The second-order valence-corrected chi connectivity index (χ2v) is 3.85. The third-order valence-electron chi connectivity index (χ3n) is 2.68. The predicted octanol–water partition coefficient (Wildman–Crippen LogP) is 0.941. The van der Waals surface area contributed by atoms with Crippen molar-refractivity contribution in [3.05, 3.63) is 69.1 Å². The van der Waals surface area contributed by atoms with Crippen molar-refractivity contribution in [2.75, 3.05) is 0 Å². The van der Waals surface area contributed by atoms with Crippen LogP contribution >= 0.6 is 0 Å². The molecule has 0 fully saturated rings. The molecule has 0 spiro atoms. The van der Waals surface area contributed by atoms with Crippen molar-refractivity contribution in [3.8, 4) is 0 Å². The molecule has 1 aromatic heterocycles. The molecular weight excluding hydrogens is 232 g/mol. The highest BCUT2D eigenvalue weighted by Gasteiger charge is 2.14. The molecule has 0 N–H and O–H groups in total. The largest absolute Gasteiger partial charge is 0.271 e. The minimum atomic E-state index is -0.437. The lowest BCUT2D eigenvalue weighted by Gasteiger charge is -2.01. The van der Waals surface area contributed by atoms with Crippen LogP contribution in [0, 0.1) is 10.1 Å². The van der Waals surface area contributed by atoms with Crippen LogP contribution in [0.15, 0.2) is 52.7 Å². The Morgan fingerprint density at radius 1 is 1.17 bits per heavy atom. The van der Waals surface area contributed by atoms with Crippen LogP contribution in [0.5, 0.6) is 0 Å². The summed E-state index contributed by atoms with van der Waals surface area (Å²) >= 11 is 0. The number of non-ortho nitro benzene ring substituents is 1. The number of pyridine rings is 1. The molecule has 0 bridgehead atoms. The number of nitrogens with zero attached hydrogens (tertiary/aromatic N) is 4. The third kappa shape index (κ3) is 1.73. The summed E-state index contributed by atoms with van der Waals surface area (Å²) in [6.45, 7) is 0. The van der Waals surface area contributed by atoms with E-state index in [9.17, 15) is 10.1 Å². The van der Waals surface area contributed by atoms with Gasteiger partial charge in [-0.15, -0.1) is 0 Å². The van der Waals surface area contributed by atoms with Gasteiger partial charge < -0.3 is 0 Å². The van der Waals surface area contributed by atoms with Gasteiger partial charge in [0.05, 0.1) is 15.6 Å². The predicted molar refractivity (Wildman–Crippen MR) is 62.4 cm³/mol. The summed E-state index contributed by atoms with van der Waals surface area (Å²) in [6, 6.07) is 8.18. The van der Waals surface area contributed by atoms with Crippen LogP contribution < -0.4 is 10.7 Å². The van der Waals surface area contributed by atoms with Crippen molar-refractivity contribution >= 4 is 5.69 Å². The summed E-state index contributed by atoms with van der Waals surface area (Å²) in [5.41, 5.74) is 0.899. The van der Waals surface area contributed by atoms with Crippen LogP contribution in [0.1, 0.15) is 11.7 Å². The molecule has 0 saturated heterocycles. The Balaban J connectivity index is 2.08. The third-order valence-corrected chi connectivity index (χ3v) is 2.68. The molecule has 3 rings (SSSR count). The Labute approximate surface area is 102 Å². The first kappa shape index (κ1) is 10.5. The summed E-state index contributed by atoms with van der Waals surface area (Å²) in [4.78, 5) is 23.0. The maximum atomic E-state index is 10.7. The molecule has 0 saturated carbocycles. The molecule has 1 aromatic carbocycles. The van der Waals surface area contributed by atoms with E-state index in [1.807, 2.05) is 12.1 Å². The minimum Gasteiger partial charge on any atom is -0.264 e. The Hall–Kier alpha value is -2.63. The van der Waals surface area contributed by atoms with E-state index in [0.29, 0.717) is 10.7 Å². The van der Waals surface area contributed by atoms with Crippen molar-refractivity contribution in [2.45, 2.75) is 6.17 Å². The molecule has 1 aliphatic heterocycles. The molecule has 1 aliphatic rings. The number of nitro benzene ring substituents is 1. The van der Waals surface area contributed by atoms with Crippen molar-refractivity contribution in [1.29, 1.82) is 0 Å². The SMILES string of the molecule is O=[N+]([O-])c1ccc2c(c1)=N[C@H](c1cccnc1)N=2. The van der Waals surface area contributed by atoms with Crippen LogP contribution in [0.4, 0.5) is 5.69 Å². The first-order valence-electron chi connectivity index (χ1n) is 5.34. The van der Waals surface area contributed by atoms with Gasteiger partial charge in [-0.25, -0.2) is 0 Å². The van der Waals surface area contributed by atoms with Gasteiger partial charge in [0.15, 0.2) is 6.17 Å². The molecular formula is C12H8N4O2. The number of hydrogen-bond donors (Lipinski definition) is 0. The van der Waals surface area contributed by atoms with Gasteiger partial charge in [0.2, 0.25) is 0 Å². The van der Waals surface area contributed by atoms with Crippen molar-refractivity contribution in [3.63, 3.8) is 0 Å². The number of rotatable bonds is 2. The maximum Gasteiger partial charge on any atom is 0.271 e. The van der Waals surface area contributed by atoms with Gasteiger partial charge in [0.25, 0.3) is 5.69 Å². The zero-order valence-corrected chi connectivity index (χ0v) is 9.22. The lowest BCUT2D eigenvalue weighted by atomic mass is 10.2. The average molecular weight is 240 g/mol. The van der Waals surface area contributed by atoms with Crippen molar-refractivity contribution < 1.29 is 4.92 Å². The van der Waals surface area contributed by atoms with Gasteiger partial charge in [-0.2, -0.15) is 0 Å². The summed E-state index contributed by atoms with van der Waals surface area (Å²) in [5.74, 6) is 0.